The van der Waals surface area contributed by atoms with Gasteiger partial charge in [-0.2, -0.15) is 0 Å². The first-order valence-electron chi connectivity index (χ1n) is 11.0. The molecule has 1 fully saturated rings. The number of aliphatic imine (C=N–C) groups is 1. The molecule has 0 radical (unpaired) electrons. The fraction of sp³-hybridized carbons (Fsp3) is 0.259. The third-order valence-electron chi connectivity index (χ3n) is 5.83. The van der Waals surface area contributed by atoms with Gasteiger partial charge in [-0.05, 0) is 36.3 Å². The number of benzene rings is 1. The SMILES string of the molecule is C#CN(C)/C=C(\C=C)c1cccc(-c2ccc(C3=CC(C)N=C3)c(N[C@@H]3CNC[C@@H]3O)n2)c1. The largest absolute Gasteiger partial charge is 0.390 e. The van der Waals surface area contributed by atoms with E-state index >= 15 is 0 Å². The Kier molecular flexibility index (Phi) is 6.74. The van der Waals surface area contributed by atoms with Gasteiger partial charge in [0.2, 0.25) is 0 Å². The fourth-order valence-corrected chi connectivity index (χ4v) is 4.00. The average molecular weight is 440 g/mol. The predicted octanol–water partition coefficient (Wildman–Crippen LogP) is 3.40. The molecule has 0 aliphatic carbocycles. The smallest absolute Gasteiger partial charge is 0.134 e. The molecule has 0 bridgehead atoms. The summed E-state index contributed by atoms with van der Waals surface area (Å²) in [5.74, 6) is 0.740. The molecule has 2 aliphatic rings. The minimum Gasteiger partial charge on any atom is -0.390 e. The quantitative estimate of drug-likeness (QED) is 0.350. The lowest BCUT2D eigenvalue weighted by Gasteiger charge is -2.19. The van der Waals surface area contributed by atoms with Crippen LogP contribution in [0.3, 0.4) is 0 Å². The van der Waals surface area contributed by atoms with E-state index in [1.54, 1.807) is 11.0 Å². The molecule has 3 atom stereocenters. The second-order valence-electron chi connectivity index (χ2n) is 8.32. The van der Waals surface area contributed by atoms with E-state index in [4.69, 9.17) is 11.4 Å². The van der Waals surface area contributed by atoms with Crippen molar-refractivity contribution >= 4 is 23.2 Å². The number of anilines is 1. The number of hydrogen-bond donors (Lipinski definition) is 3. The Balaban J connectivity index is 1.73. The molecule has 2 aromatic rings. The fourth-order valence-electron chi connectivity index (χ4n) is 4.00. The maximum atomic E-state index is 10.3. The van der Waals surface area contributed by atoms with Crippen LogP contribution in [0.15, 0.2) is 66.3 Å². The summed E-state index contributed by atoms with van der Waals surface area (Å²) in [5.41, 5.74) is 5.75. The lowest BCUT2D eigenvalue weighted by molar-refractivity contribution is 0.185. The van der Waals surface area contributed by atoms with Crippen molar-refractivity contribution in [1.29, 1.82) is 0 Å². The number of β-amino-alcohol motifs (C(OH)–C–C–N with tert-alkyl or cyclic N) is 1. The van der Waals surface area contributed by atoms with E-state index < -0.39 is 6.10 Å². The third kappa shape index (κ3) is 5.06. The maximum absolute atomic E-state index is 10.3. The molecule has 3 heterocycles. The molecule has 1 unspecified atom stereocenters. The number of nitrogens with one attached hydrogen (secondary N) is 2. The molecule has 1 aromatic heterocycles. The van der Waals surface area contributed by atoms with Crippen LogP contribution in [0.1, 0.15) is 18.1 Å². The summed E-state index contributed by atoms with van der Waals surface area (Å²) >= 11 is 0. The topological polar surface area (TPSA) is 72.8 Å². The number of pyridine rings is 1. The highest BCUT2D eigenvalue weighted by atomic mass is 16.3. The molecule has 4 rings (SSSR count). The van der Waals surface area contributed by atoms with Gasteiger partial charge in [-0.25, -0.2) is 4.98 Å². The summed E-state index contributed by atoms with van der Waals surface area (Å²) in [4.78, 5) is 11.1. The molecule has 3 N–H and O–H groups in total. The second kappa shape index (κ2) is 9.86. The maximum Gasteiger partial charge on any atom is 0.134 e. The Bertz CT molecular complexity index is 1170. The normalized spacial score (nSPS) is 22.1. The first-order chi connectivity index (χ1) is 16.0. The molecule has 6 heteroatoms. The number of rotatable bonds is 7. The van der Waals surface area contributed by atoms with Crippen molar-refractivity contribution in [3.05, 3.63) is 72.5 Å². The van der Waals surface area contributed by atoms with Gasteiger partial charge in [0.15, 0.2) is 0 Å². The molecule has 6 nitrogen and oxygen atoms in total. The molecular weight excluding hydrogens is 410 g/mol. The van der Waals surface area contributed by atoms with Crippen molar-refractivity contribution < 1.29 is 5.11 Å². The molecular formula is C27H29N5O. The van der Waals surface area contributed by atoms with Crippen LogP contribution in [0.2, 0.25) is 0 Å². The van der Waals surface area contributed by atoms with Crippen LogP contribution in [0, 0.1) is 12.5 Å². The molecule has 33 heavy (non-hydrogen) atoms. The highest BCUT2D eigenvalue weighted by Gasteiger charge is 2.26. The predicted molar refractivity (Wildman–Crippen MR) is 137 cm³/mol. The molecule has 0 amide bonds. The van der Waals surface area contributed by atoms with Gasteiger partial charge in [0, 0.05) is 55.3 Å². The summed E-state index contributed by atoms with van der Waals surface area (Å²) in [5, 5.41) is 17.0. The van der Waals surface area contributed by atoms with E-state index in [-0.39, 0.29) is 12.1 Å². The number of aliphatic hydroxyl groups excluding tert-OH is 1. The van der Waals surface area contributed by atoms with Crippen molar-refractivity contribution in [3.8, 4) is 23.7 Å². The highest BCUT2D eigenvalue weighted by Crippen LogP contribution is 2.30. The number of aromatic nitrogens is 1. The van der Waals surface area contributed by atoms with E-state index in [0.717, 1.165) is 39.3 Å². The van der Waals surface area contributed by atoms with Crippen molar-refractivity contribution in [3.63, 3.8) is 0 Å². The van der Waals surface area contributed by atoms with E-state index in [1.165, 1.54) is 0 Å². The lowest BCUT2D eigenvalue weighted by atomic mass is 10.0. The zero-order valence-corrected chi connectivity index (χ0v) is 19.0. The number of hydrogen-bond acceptors (Lipinski definition) is 6. The summed E-state index contributed by atoms with van der Waals surface area (Å²) < 4.78 is 0. The van der Waals surface area contributed by atoms with Gasteiger partial charge in [0.1, 0.15) is 5.82 Å². The number of allylic oxidation sites excluding steroid dienone is 3. The van der Waals surface area contributed by atoms with Crippen LogP contribution >= 0.6 is 0 Å². The van der Waals surface area contributed by atoms with Crippen LogP contribution in [0.4, 0.5) is 5.82 Å². The Morgan fingerprint density at radius 2 is 2.18 bits per heavy atom. The third-order valence-corrected chi connectivity index (χ3v) is 5.83. The summed E-state index contributed by atoms with van der Waals surface area (Å²) in [6.07, 6.45) is 12.7. The highest BCUT2D eigenvalue weighted by molar-refractivity contribution is 6.13. The Morgan fingerprint density at radius 1 is 1.33 bits per heavy atom. The Morgan fingerprint density at radius 3 is 2.85 bits per heavy atom. The van der Waals surface area contributed by atoms with Crippen LogP contribution in [-0.2, 0) is 0 Å². The molecule has 2 aliphatic heterocycles. The Labute approximate surface area is 195 Å². The van der Waals surface area contributed by atoms with Crippen molar-refractivity contribution in [2.24, 2.45) is 4.99 Å². The van der Waals surface area contributed by atoms with E-state index in [0.29, 0.717) is 13.1 Å². The molecule has 0 spiro atoms. The lowest BCUT2D eigenvalue weighted by Crippen LogP contribution is -2.32. The molecule has 168 valence electrons. The Hall–Kier alpha value is -3.66. The summed E-state index contributed by atoms with van der Waals surface area (Å²) in [7, 11) is 1.82. The van der Waals surface area contributed by atoms with Crippen LogP contribution in [-0.4, -0.2) is 59.5 Å². The van der Waals surface area contributed by atoms with Gasteiger partial charge in [0.05, 0.1) is 23.9 Å². The van der Waals surface area contributed by atoms with E-state index in [1.807, 2.05) is 43.7 Å². The van der Waals surface area contributed by atoms with Crippen molar-refractivity contribution in [2.45, 2.75) is 25.1 Å². The molecule has 1 aromatic carbocycles. The second-order valence-corrected chi connectivity index (χ2v) is 8.32. The molecule has 0 saturated carbocycles. The number of nitrogens with zero attached hydrogens (tertiary/aromatic N) is 3. The van der Waals surface area contributed by atoms with Crippen LogP contribution in [0.25, 0.3) is 22.4 Å². The zero-order valence-electron chi connectivity index (χ0n) is 19.0. The zero-order chi connectivity index (χ0) is 23.4. The standard InChI is InChI=1S/C27H29N5O/c1-5-19(17-32(4)6-2)20-8-7-9-21(13-20)24-11-10-23(22-12-18(3)29-14-22)27(30-24)31-25-15-28-16-26(25)33/h2,5,7-14,17-18,25-26,28,33H,1,15-16H2,3-4H3,(H,30,31)/b19-17+/t18?,25-,26+/m1/s1. The van der Waals surface area contributed by atoms with Crippen molar-refractivity contribution in [2.75, 3.05) is 25.5 Å². The first kappa shape index (κ1) is 22.5. The van der Waals surface area contributed by atoms with Gasteiger partial charge >= 0.3 is 0 Å². The van der Waals surface area contributed by atoms with Gasteiger partial charge < -0.3 is 20.6 Å². The number of terminal acetylenes is 1. The minimum absolute atomic E-state index is 0.108. The van der Waals surface area contributed by atoms with Gasteiger partial charge in [-0.1, -0.05) is 43.4 Å². The summed E-state index contributed by atoms with van der Waals surface area (Å²) in [6, 6.07) is 14.8. The van der Waals surface area contributed by atoms with E-state index in [9.17, 15) is 5.11 Å². The van der Waals surface area contributed by atoms with Gasteiger partial charge in [-0.3, -0.25) is 4.99 Å². The van der Waals surface area contributed by atoms with Crippen molar-refractivity contribution in [1.82, 2.24) is 15.2 Å². The number of aliphatic hydroxyl groups is 1. The van der Waals surface area contributed by atoms with E-state index in [2.05, 4.69) is 53.4 Å². The summed E-state index contributed by atoms with van der Waals surface area (Å²) in [6.45, 7) is 7.23. The van der Waals surface area contributed by atoms with Crippen LogP contribution < -0.4 is 10.6 Å². The van der Waals surface area contributed by atoms with Gasteiger partial charge in [-0.15, -0.1) is 0 Å². The molecule has 1 saturated heterocycles. The van der Waals surface area contributed by atoms with Crippen LogP contribution in [0.5, 0.6) is 0 Å². The first-order valence-corrected chi connectivity index (χ1v) is 11.0. The van der Waals surface area contributed by atoms with Gasteiger partial charge in [0.25, 0.3) is 0 Å². The monoisotopic (exact) mass is 439 g/mol. The average Bonchev–Trinajstić information content (AvgIpc) is 3.45. The minimum atomic E-state index is -0.467.